The van der Waals surface area contributed by atoms with Crippen LogP contribution in [0.3, 0.4) is 0 Å². The molecule has 0 fully saturated rings. The summed E-state index contributed by atoms with van der Waals surface area (Å²) in [6, 6.07) is 9.76. The van der Waals surface area contributed by atoms with Crippen molar-refractivity contribution in [2.75, 3.05) is 20.8 Å². The van der Waals surface area contributed by atoms with E-state index in [1.165, 1.54) is 11.8 Å². The van der Waals surface area contributed by atoms with Crippen LogP contribution in [0.4, 0.5) is 0 Å². The third kappa shape index (κ3) is 4.96. The molecule has 0 amide bonds. The lowest BCUT2D eigenvalue weighted by molar-refractivity contribution is -0.110. The molecule has 0 spiro atoms. The summed E-state index contributed by atoms with van der Waals surface area (Å²) in [5.41, 5.74) is 0. The number of aliphatic hydroxyl groups excluding tert-OH is 2. The summed E-state index contributed by atoms with van der Waals surface area (Å²) in [4.78, 5) is 1.04. The first kappa shape index (κ1) is 15.5. The van der Waals surface area contributed by atoms with Crippen LogP contribution in [0.25, 0.3) is 0 Å². The molecule has 2 unspecified atom stereocenters. The Bertz CT molecular complexity index is 316. The molecular formula is C13H20O4S. The molecule has 2 N–H and O–H groups in total. The number of hydrogen-bond donors (Lipinski definition) is 2. The maximum atomic E-state index is 9.84. The molecule has 0 radical (unpaired) electrons. The first-order valence-corrected chi connectivity index (χ1v) is 6.65. The Balaban J connectivity index is 2.66. The minimum absolute atomic E-state index is 0.178. The Morgan fingerprint density at radius 1 is 1.17 bits per heavy atom. The Labute approximate surface area is 112 Å². The summed E-state index contributed by atoms with van der Waals surface area (Å²) in [5, 5.41) is 18.8. The van der Waals surface area contributed by atoms with Crippen molar-refractivity contribution >= 4 is 11.8 Å². The zero-order valence-electron chi connectivity index (χ0n) is 10.7. The molecule has 0 saturated heterocycles. The molecule has 0 bridgehead atoms. The summed E-state index contributed by atoms with van der Waals surface area (Å²) in [6.45, 7) is -0.273. The average Bonchev–Trinajstić information content (AvgIpc) is 2.43. The van der Waals surface area contributed by atoms with E-state index in [1.54, 1.807) is 14.2 Å². The van der Waals surface area contributed by atoms with Crippen LogP contribution in [-0.4, -0.2) is 48.7 Å². The maximum Gasteiger partial charge on any atom is 0.157 e. The van der Waals surface area contributed by atoms with Crippen molar-refractivity contribution in [2.45, 2.75) is 29.0 Å². The second kappa shape index (κ2) is 8.50. The van der Waals surface area contributed by atoms with Gasteiger partial charge in [0.05, 0.1) is 12.7 Å². The van der Waals surface area contributed by atoms with E-state index in [2.05, 4.69) is 0 Å². The topological polar surface area (TPSA) is 58.9 Å². The van der Waals surface area contributed by atoms with Crippen molar-refractivity contribution in [3.63, 3.8) is 0 Å². The van der Waals surface area contributed by atoms with E-state index in [-0.39, 0.29) is 18.1 Å². The standard InChI is InChI=1S/C13H20O4S/c1-16-13(17-2)8-12(11(15)9-14)18-10-6-4-3-5-7-10/h3-7,11-15H,8-9H2,1-2H3. The highest BCUT2D eigenvalue weighted by atomic mass is 32.2. The predicted octanol–water partition coefficient (Wildman–Crippen LogP) is 1.51. The zero-order valence-corrected chi connectivity index (χ0v) is 11.5. The van der Waals surface area contributed by atoms with Gasteiger partial charge in [0.1, 0.15) is 0 Å². The molecule has 18 heavy (non-hydrogen) atoms. The third-order valence-corrected chi connectivity index (χ3v) is 3.95. The smallest absolute Gasteiger partial charge is 0.157 e. The Morgan fingerprint density at radius 3 is 2.28 bits per heavy atom. The van der Waals surface area contributed by atoms with E-state index < -0.39 is 6.10 Å². The van der Waals surface area contributed by atoms with Gasteiger partial charge in [0.2, 0.25) is 0 Å². The van der Waals surface area contributed by atoms with Crippen LogP contribution in [0.2, 0.25) is 0 Å². The monoisotopic (exact) mass is 272 g/mol. The first-order valence-electron chi connectivity index (χ1n) is 5.77. The van der Waals surface area contributed by atoms with Gasteiger partial charge in [-0.05, 0) is 12.1 Å². The lowest BCUT2D eigenvalue weighted by Crippen LogP contribution is -2.31. The molecule has 1 aromatic carbocycles. The lowest BCUT2D eigenvalue weighted by atomic mass is 10.2. The quantitative estimate of drug-likeness (QED) is 0.555. The van der Waals surface area contributed by atoms with Crippen LogP contribution in [0, 0.1) is 0 Å². The largest absolute Gasteiger partial charge is 0.394 e. The molecule has 0 aliphatic rings. The number of hydrogen-bond acceptors (Lipinski definition) is 5. The minimum atomic E-state index is -0.803. The van der Waals surface area contributed by atoms with E-state index in [4.69, 9.17) is 14.6 Å². The second-order valence-electron chi connectivity index (χ2n) is 3.86. The number of methoxy groups -OCH3 is 2. The molecule has 0 aromatic heterocycles. The van der Waals surface area contributed by atoms with Gasteiger partial charge < -0.3 is 19.7 Å². The maximum absolute atomic E-state index is 9.84. The molecule has 0 aliphatic carbocycles. The highest BCUT2D eigenvalue weighted by molar-refractivity contribution is 8.00. The summed E-state index contributed by atoms with van der Waals surface area (Å²) in [6.07, 6.45) is -0.677. The fourth-order valence-electron chi connectivity index (χ4n) is 1.55. The van der Waals surface area contributed by atoms with Crippen molar-refractivity contribution in [1.82, 2.24) is 0 Å². The van der Waals surface area contributed by atoms with Gasteiger partial charge in [-0.25, -0.2) is 0 Å². The van der Waals surface area contributed by atoms with Crippen LogP contribution in [0.15, 0.2) is 35.2 Å². The molecule has 5 heteroatoms. The van der Waals surface area contributed by atoms with E-state index in [1.807, 2.05) is 30.3 Å². The molecule has 1 rings (SSSR count). The van der Waals surface area contributed by atoms with Gasteiger partial charge in [-0.2, -0.15) is 0 Å². The lowest BCUT2D eigenvalue weighted by Gasteiger charge is -2.24. The van der Waals surface area contributed by atoms with Gasteiger partial charge in [0.15, 0.2) is 6.29 Å². The fourth-order valence-corrected chi connectivity index (χ4v) is 2.71. The van der Waals surface area contributed by atoms with Gasteiger partial charge >= 0.3 is 0 Å². The Kier molecular flexibility index (Phi) is 7.31. The van der Waals surface area contributed by atoms with Crippen LogP contribution in [-0.2, 0) is 9.47 Å². The van der Waals surface area contributed by atoms with Gasteiger partial charge in [0.25, 0.3) is 0 Å². The van der Waals surface area contributed by atoms with Crippen LogP contribution in [0.1, 0.15) is 6.42 Å². The van der Waals surface area contributed by atoms with Crippen molar-refractivity contribution in [2.24, 2.45) is 0 Å². The summed E-state index contributed by atoms with van der Waals surface area (Å²) in [7, 11) is 3.12. The first-order chi connectivity index (χ1) is 8.71. The highest BCUT2D eigenvalue weighted by Gasteiger charge is 2.24. The Hall–Kier alpha value is -0.590. The zero-order chi connectivity index (χ0) is 13.4. The number of benzene rings is 1. The number of ether oxygens (including phenoxy) is 2. The van der Waals surface area contributed by atoms with Crippen LogP contribution < -0.4 is 0 Å². The number of aliphatic hydroxyl groups is 2. The highest BCUT2D eigenvalue weighted by Crippen LogP contribution is 2.29. The SMILES string of the molecule is COC(CC(Sc1ccccc1)C(O)CO)OC. The molecule has 1 aromatic rings. The molecule has 2 atom stereocenters. The Morgan fingerprint density at radius 2 is 1.78 bits per heavy atom. The van der Waals surface area contributed by atoms with Crippen LogP contribution in [0.5, 0.6) is 0 Å². The van der Waals surface area contributed by atoms with Crippen LogP contribution >= 0.6 is 11.8 Å². The van der Waals surface area contributed by atoms with E-state index in [9.17, 15) is 5.11 Å². The second-order valence-corrected chi connectivity index (χ2v) is 5.17. The number of thioether (sulfide) groups is 1. The van der Waals surface area contributed by atoms with Gasteiger partial charge in [-0.1, -0.05) is 18.2 Å². The predicted molar refractivity (Wildman–Crippen MR) is 71.6 cm³/mol. The fraction of sp³-hybridized carbons (Fsp3) is 0.538. The molecule has 102 valence electrons. The molecule has 4 nitrogen and oxygen atoms in total. The van der Waals surface area contributed by atoms with E-state index >= 15 is 0 Å². The minimum Gasteiger partial charge on any atom is -0.394 e. The van der Waals surface area contributed by atoms with E-state index in [0.717, 1.165) is 4.90 Å². The summed E-state index contributed by atoms with van der Waals surface area (Å²) in [5.74, 6) is 0. The van der Waals surface area contributed by atoms with Gasteiger partial charge in [-0.3, -0.25) is 0 Å². The summed E-state index contributed by atoms with van der Waals surface area (Å²) < 4.78 is 10.3. The molecular weight excluding hydrogens is 252 g/mol. The number of rotatable bonds is 8. The molecule has 0 saturated carbocycles. The van der Waals surface area contributed by atoms with Gasteiger partial charge in [0, 0.05) is 30.8 Å². The molecule has 0 heterocycles. The van der Waals surface area contributed by atoms with E-state index in [0.29, 0.717) is 6.42 Å². The van der Waals surface area contributed by atoms with Crippen molar-refractivity contribution in [3.05, 3.63) is 30.3 Å². The normalized spacial score (nSPS) is 14.7. The third-order valence-electron chi connectivity index (χ3n) is 2.60. The average molecular weight is 272 g/mol. The van der Waals surface area contributed by atoms with Crippen molar-refractivity contribution < 1.29 is 19.7 Å². The summed E-state index contributed by atoms with van der Waals surface area (Å²) >= 11 is 1.51. The van der Waals surface area contributed by atoms with Gasteiger partial charge in [-0.15, -0.1) is 11.8 Å². The molecule has 0 aliphatic heterocycles. The van der Waals surface area contributed by atoms with Crippen molar-refractivity contribution in [3.8, 4) is 0 Å². The van der Waals surface area contributed by atoms with Crippen molar-refractivity contribution in [1.29, 1.82) is 0 Å².